The van der Waals surface area contributed by atoms with Gasteiger partial charge in [-0.3, -0.25) is 9.82 Å². The number of halogens is 1. The van der Waals surface area contributed by atoms with Gasteiger partial charge in [-0.2, -0.15) is 5.10 Å². The summed E-state index contributed by atoms with van der Waals surface area (Å²) in [4.78, 5) is 6.34. The molecule has 1 atom stereocenters. The fourth-order valence-corrected chi connectivity index (χ4v) is 4.88. The molecule has 1 aliphatic rings. The van der Waals surface area contributed by atoms with Crippen LogP contribution >= 0.6 is 0 Å². The summed E-state index contributed by atoms with van der Waals surface area (Å²) in [6.07, 6.45) is 2.24. The monoisotopic (exact) mass is 449 g/mol. The molecule has 1 saturated heterocycles. The van der Waals surface area contributed by atoms with Gasteiger partial charge >= 0.3 is 0 Å². The summed E-state index contributed by atoms with van der Waals surface area (Å²) in [6.45, 7) is 2.90. The Morgan fingerprint density at radius 1 is 1.35 bits per heavy atom. The van der Waals surface area contributed by atoms with Gasteiger partial charge in [0.2, 0.25) is 10.0 Å². The van der Waals surface area contributed by atoms with Gasteiger partial charge in [0.1, 0.15) is 0 Å². The minimum atomic E-state index is -3.64. The number of hydrogen-bond donors (Lipinski definition) is 3. The predicted octanol–water partition coefficient (Wildman–Crippen LogP) is 2.50. The Balaban J connectivity index is 1.76. The van der Waals surface area contributed by atoms with E-state index in [1.165, 1.54) is 19.2 Å². The average Bonchev–Trinajstić information content (AvgIpc) is 3.32. The van der Waals surface area contributed by atoms with E-state index in [0.29, 0.717) is 48.5 Å². The first-order valence-electron chi connectivity index (χ1n) is 9.97. The number of nitrogens with zero attached hydrogens (tertiary/aromatic N) is 3. The molecule has 1 aliphatic heterocycles. The molecule has 31 heavy (non-hydrogen) atoms. The zero-order valence-electron chi connectivity index (χ0n) is 17.2. The van der Waals surface area contributed by atoms with E-state index in [-0.39, 0.29) is 17.2 Å². The number of fused-ring (bicyclic) bond motifs is 1. The molecule has 0 saturated carbocycles. The van der Waals surface area contributed by atoms with Gasteiger partial charge in [0.15, 0.2) is 23.0 Å². The number of aromatic nitrogens is 3. The number of nitrogens with one attached hydrogen (secondary N) is 2. The van der Waals surface area contributed by atoms with E-state index in [4.69, 9.17) is 4.74 Å². The van der Waals surface area contributed by atoms with E-state index in [2.05, 4.69) is 19.9 Å². The van der Waals surface area contributed by atoms with Gasteiger partial charge in [0.25, 0.3) is 0 Å². The zero-order valence-corrected chi connectivity index (χ0v) is 18.0. The van der Waals surface area contributed by atoms with Gasteiger partial charge in [-0.05, 0) is 36.6 Å². The molecule has 3 N–H and O–H groups in total. The normalized spacial score (nSPS) is 16.8. The van der Waals surface area contributed by atoms with Crippen LogP contribution in [0, 0.1) is 5.82 Å². The number of aliphatic hydroxyl groups is 1. The third kappa shape index (κ3) is 4.28. The summed E-state index contributed by atoms with van der Waals surface area (Å²) in [7, 11) is -2.36. The van der Waals surface area contributed by atoms with Crippen molar-refractivity contribution >= 4 is 32.6 Å². The van der Waals surface area contributed by atoms with Crippen molar-refractivity contribution in [3.63, 3.8) is 0 Å². The molecule has 9 nitrogen and oxygen atoms in total. The summed E-state index contributed by atoms with van der Waals surface area (Å²) in [5.41, 5.74) is 1.63. The molecule has 11 heteroatoms. The van der Waals surface area contributed by atoms with Gasteiger partial charge in [0, 0.05) is 24.8 Å². The van der Waals surface area contributed by atoms with E-state index in [1.54, 1.807) is 13.1 Å². The van der Waals surface area contributed by atoms with Crippen LogP contribution in [-0.4, -0.2) is 60.8 Å². The van der Waals surface area contributed by atoms with Crippen molar-refractivity contribution in [3.05, 3.63) is 30.2 Å². The zero-order chi connectivity index (χ0) is 22.2. The number of hydrogen-bond acceptors (Lipinski definition) is 7. The summed E-state index contributed by atoms with van der Waals surface area (Å²) in [6, 6.07) is 4.62. The fraction of sp³-hybridized carbons (Fsp3) is 0.400. The van der Waals surface area contributed by atoms with Crippen molar-refractivity contribution in [2.75, 3.05) is 35.6 Å². The van der Waals surface area contributed by atoms with E-state index >= 15 is 0 Å². The number of aliphatic hydroxyl groups excluding tert-OH is 1. The third-order valence-corrected chi connectivity index (χ3v) is 6.66. The minimum Gasteiger partial charge on any atom is -0.492 e. The number of β-amino-alcohol motifs (C(OH)–C–C–N with tert-alkyl or cyclic N) is 1. The van der Waals surface area contributed by atoms with Crippen molar-refractivity contribution in [1.29, 1.82) is 0 Å². The number of rotatable bonds is 7. The first-order chi connectivity index (χ1) is 14.8. The Morgan fingerprint density at radius 2 is 2.16 bits per heavy atom. The summed E-state index contributed by atoms with van der Waals surface area (Å²) in [5.74, 6) is -0.286. The molecule has 1 unspecified atom stereocenters. The Bertz CT molecular complexity index is 1210. The fourth-order valence-electron chi connectivity index (χ4n) is 3.75. The van der Waals surface area contributed by atoms with Crippen molar-refractivity contribution in [3.8, 4) is 16.9 Å². The van der Waals surface area contributed by atoms with Gasteiger partial charge in [-0.1, -0.05) is 6.92 Å². The Morgan fingerprint density at radius 3 is 2.84 bits per heavy atom. The maximum absolute atomic E-state index is 14.7. The van der Waals surface area contributed by atoms with Crippen LogP contribution in [0.15, 0.2) is 24.4 Å². The number of benzene rings is 1. The molecule has 0 amide bonds. The molecule has 3 heterocycles. The number of H-pyrrole nitrogens is 1. The van der Waals surface area contributed by atoms with E-state index < -0.39 is 21.9 Å². The predicted molar refractivity (Wildman–Crippen MR) is 116 cm³/mol. The van der Waals surface area contributed by atoms with Gasteiger partial charge in [0.05, 0.1) is 30.0 Å². The number of anilines is 2. The molecular weight excluding hydrogens is 425 g/mol. The highest BCUT2D eigenvalue weighted by Crippen LogP contribution is 2.36. The SMILES string of the molecule is CCCS(=O)(=O)Nc1cc(-c2cnc3[nH]nc(N4CCC(O)C4)c3c2)cc(F)c1OC. The number of pyridine rings is 1. The minimum absolute atomic E-state index is 0.0288. The van der Waals surface area contributed by atoms with Crippen molar-refractivity contribution in [2.24, 2.45) is 0 Å². The molecule has 0 radical (unpaired) electrons. The molecule has 2 aromatic heterocycles. The van der Waals surface area contributed by atoms with Crippen LogP contribution in [0.25, 0.3) is 22.2 Å². The Hall–Kier alpha value is -2.92. The molecule has 0 aliphatic carbocycles. The van der Waals surface area contributed by atoms with E-state index in [0.717, 1.165) is 5.39 Å². The number of aromatic amines is 1. The number of methoxy groups -OCH3 is 1. The van der Waals surface area contributed by atoms with Crippen molar-refractivity contribution in [1.82, 2.24) is 15.2 Å². The summed E-state index contributed by atoms with van der Waals surface area (Å²) in [5, 5.41) is 17.8. The van der Waals surface area contributed by atoms with Crippen LogP contribution in [0.1, 0.15) is 19.8 Å². The standard InChI is InChI=1S/C20H24FN5O4S/c1-3-6-31(28,29)25-17-9-12(8-16(21)18(17)30-2)13-7-15-19(22-10-13)23-24-20(15)26-5-4-14(27)11-26/h7-10,14,25,27H,3-6,11H2,1-2H3,(H,22,23,24). The smallest absolute Gasteiger partial charge is 0.232 e. The van der Waals surface area contributed by atoms with Gasteiger partial charge < -0.3 is 14.7 Å². The third-order valence-electron chi connectivity index (χ3n) is 5.18. The molecule has 1 fully saturated rings. The largest absolute Gasteiger partial charge is 0.492 e. The van der Waals surface area contributed by atoms with Crippen LogP contribution in [0.2, 0.25) is 0 Å². The van der Waals surface area contributed by atoms with Gasteiger partial charge in [-0.25, -0.2) is 17.8 Å². The first kappa shape index (κ1) is 21.3. The topological polar surface area (TPSA) is 120 Å². The lowest BCUT2D eigenvalue weighted by molar-refractivity contribution is 0.198. The second kappa shape index (κ2) is 8.31. The van der Waals surface area contributed by atoms with Crippen LogP contribution in [-0.2, 0) is 10.0 Å². The average molecular weight is 450 g/mol. The van der Waals surface area contributed by atoms with Crippen LogP contribution in [0.3, 0.4) is 0 Å². The molecule has 166 valence electrons. The van der Waals surface area contributed by atoms with Gasteiger partial charge in [-0.15, -0.1) is 0 Å². The van der Waals surface area contributed by atoms with Crippen molar-refractivity contribution < 1.29 is 22.7 Å². The number of sulfonamides is 1. The highest BCUT2D eigenvalue weighted by atomic mass is 32.2. The van der Waals surface area contributed by atoms with Crippen LogP contribution in [0.5, 0.6) is 5.75 Å². The van der Waals surface area contributed by atoms with E-state index in [1.807, 2.05) is 11.0 Å². The summed E-state index contributed by atoms with van der Waals surface area (Å²) >= 11 is 0. The van der Waals surface area contributed by atoms with Crippen LogP contribution < -0.4 is 14.4 Å². The second-order valence-electron chi connectivity index (χ2n) is 7.52. The molecule has 0 bridgehead atoms. The highest BCUT2D eigenvalue weighted by Gasteiger charge is 2.24. The summed E-state index contributed by atoms with van der Waals surface area (Å²) < 4.78 is 46.7. The lowest BCUT2D eigenvalue weighted by Gasteiger charge is -2.15. The first-order valence-corrected chi connectivity index (χ1v) is 11.6. The molecular formula is C20H24FN5O4S. The molecule has 0 spiro atoms. The highest BCUT2D eigenvalue weighted by molar-refractivity contribution is 7.92. The quantitative estimate of drug-likeness (QED) is 0.507. The maximum Gasteiger partial charge on any atom is 0.232 e. The molecule has 4 rings (SSSR count). The lowest BCUT2D eigenvalue weighted by Crippen LogP contribution is -2.21. The van der Waals surface area contributed by atoms with E-state index in [9.17, 15) is 17.9 Å². The lowest BCUT2D eigenvalue weighted by atomic mass is 10.1. The van der Waals surface area contributed by atoms with Crippen LogP contribution in [0.4, 0.5) is 15.9 Å². The Labute approximate surface area is 179 Å². The van der Waals surface area contributed by atoms with Crippen molar-refractivity contribution in [2.45, 2.75) is 25.9 Å². The maximum atomic E-state index is 14.7. The molecule has 1 aromatic carbocycles. The Kier molecular flexibility index (Phi) is 5.71. The second-order valence-corrected chi connectivity index (χ2v) is 9.36. The molecule has 3 aromatic rings. The number of ether oxygens (including phenoxy) is 1.